The molecule has 1 spiro atoms. The van der Waals surface area contributed by atoms with E-state index in [1.54, 1.807) is 0 Å². The zero-order valence-electron chi connectivity index (χ0n) is 28.6. The molecule has 2 aliphatic heterocycles. The summed E-state index contributed by atoms with van der Waals surface area (Å²) in [5, 5.41) is 0. The molecular weight excluding hydrogens is 691 g/mol. The summed E-state index contributed by atoms with van der Waals surface area (Å²) in [5.74, 6) is 3.78. The van der Waals surface area contributed by atoms with Gasteiger partial charge in [0.05, 0.1) is 0 Å². The Labute approximate surface area is 259 Å². The molecule has 4 nitrogen and oxygen atoms in total. The Morgan fingerprint density at radius 3 is 1.19 bits per heavy atom. The molecule has 0 bridgehead atoms. The Balaban J connectivity index is 1.81. The summed E-state index contributed by atoms with van der Waals surface area (Å²) in [6, 6.07) is 23.6. The standard InChI is InChI=1S/2C18H23N2.2CH3.Hf/c2*1-12(2)11-19-17-8-6-7-16(20-17)18-14(4)9-13(3)10-15(18)5;;;/h2*6-10,12H,11H2,1-5H3;2*1H3;/q2*-1;;;+4. The van der Waals surface area contributed by atoms with Gasteiger partial charge in [-0.2, -0.15) is 0 Å². The van der Waals surface area contributed by atoms with E-state index in [1.807, 2.05) is 0 Å². The zero-order chi connectivity index (χ0) is 31.3. The van der Waals surface area contributed by atoms with Crippen molar-refractivity contribution in [3.63, 3.8) is 0 Å². The van der Waals surface area contributed by atoms with Crippen LogP contribution in [0.5, 0.6) is 0 Å². The predicted octanol–water partition coefficient (Wildman–Crippen LogP) is 8.78. The van der Waals surface area contributed by atoms with E-state index < -0.39 is 18.2 Å². The molecule has 4 heterocycles. The summed E-state index contributed by atoms with van der Waals surface area (Å²) in [6.45, 7) is 25.2. The van der Waals surface area contributed by atoms with Crippen LogP contribution in [0, 0.1) is 53.4 Å². The molecule has 2 aromatic heterocycles. The number of benzene rings is 2. The van der Waals surface area contributed by atoms with E-state index in [4.69, 9.17) is 0 Å². The number of hydrogen-bond donors (Lipinski definition) is 0. The number of aromatic nitrogens is 2. The molecule has 226 valence electrons. The SMILES string of the molecule is Cc1cc(C)c(-c2cccc3[n+]2[Hf]2([CH3])([CH3])([N]3CC(C)C)[N](CC(C)C)c3cccc(-c4c(C)cc(C)cc4C)[n+]32)c(C)c1. The molecule has 0 aliphatic carbocycles. The molecule has 0 radical (unpaired) electrons. The van der Waals surface area contributed by atoms with Crippen molar-refractivity contribution in [2.75, 3.05) is 18.9 Å². The fourth-order valence-corrected chi connectivity index (χ4v) is 41.5. The van der Waals surface area contributed by atoms with Crippen LogP contribution < -0.4 is 10.9 Å². The quantitative estimate of drug-likeness (QED) is 0.184. The molecule has 0 unspecified atom stereocenters. The molecular formula is C38H52HfN4+2. The molecule has 0 amide bonds. The van der Waals surface area contributed by atoms with Gasteiger partial charge in [-0.1, -0.05) is 0 Å². The number of pyridine rings is 2. The van der Waals surface area contributed by atoms with E-state index in [9.17, 15) is 0 Å². The molecule has 4 aromatic rings. The van der Waals surface area contributed by atoms with Crippen LogP contribution in [0.1, 0.15) is 61.1 Å². The van der Waals surface area contributed by atoms with Crippen molar-refractivity contribution in [1.29, 1.82) is 0 Å². The van der Waals surface area contributed by atoms with Crippen molar-refractivity contribution >= 4 is 11.6 Å². The van der Waals surface area contributed by atoms with Gasteiger partial charge in [-0.3, -0.25) is 0 Å². The van der Waals surface area contributed by atoms with Crippen LogP contribution in [0.2, 0.25) is 9.36 Å². The molecule has 2 aliphatic rings. The van der Waals surface area contributed by atoms with Crippen LogP contribution in [0.25, 0.3) is 22.5 Å². The van der Waals surface area contributed by atoms with Crippen molar-refractivity contribution in [2.24, 2.45) is 11.8 Å². The average molecular weight is 743 g/mol. The Morgan fingerprint density at radius 2 is 0.884 bits per heavy atom. The van der Waals surface area contributed by atoms with E-state index >= 15 is 0 Å². The maximum absolute atomic E-state index is 5.22. The number of rotatable bonds is 6. The van der Waals surface area contributed by atoms with Gasteiger partial charge >= 0.3 is 261 Å². The van der Waals surface area contributed by atoms with Crippen molar-refractivity contribution in [3.8, 4) is 22.5 Å². The molecule has 0 saturated heterocycles. The zero-order valence-corrected chi connectivity index (χ0v) is 32.2. The third-order valence-electron chi connectivity index (χ3n) is 10.8. The van der Waals surface area contributed by atoms with E-state index in [0.717, 1.165) is 13.1 Å². The molecule has 0 N–H and O–H groups in total. The maximum atomic E-state index is 2.92. The van der Waals surface area contributed by atoms with Crippen LogP contribution in [-0.4, -0.2) is 13.1 Å². The van der Waals surface area contributed by atoms with Crippen LogP contribution in [-0.2, 0) is 18.2 Å². The van der Waals surface area contributed by atoms with Gasteiger partial charge in [-0.05, 0) is 0 Å². The number of aryl methyl sites for hydroxylation is 6. The summed E-state index contributed by atoms with van der Waals surface area (Å²) >= 11 is -5.22. The fourth-order valence-electron chi connectivity index (χ4n) is 9.48. The van der Waals surface area contributed by atoms with Crippen LogP contribution in [0.4, 0.5) is 11.6 Å². The first kappa shape index (κ1) is 30.2. The summed E-state index contributed by atoms with van der Waals surface area (Å²) < 4.78 is 17.0. The van der Waals surface area contributed by atoms with E-state index in [0.29, 0.717) is 11.8 Å². The van der Waals surface area contributed by atoms with E-state index in [2.05, 4.69) is 150 Å². The average Bonchev–Trinajstić information content (AvgIpc) is 2.89. The molecule has 2 aromatic carbocycles. The van der Waals surface area contributed by atoms with Gasteiger partial charge in [0, 0.05) is 0 Å². The summed E-state index contributed by atoms with van der Waals surface area (Å²) in [6.07, 6.45) is 0. The normalized spacial score (nSPS) is 18.7. The van der Waals surface area contributed by atoms with Crippen molar-refractivity contribution in [1.82, 2.24) is 0 Å². The topological polar surface area (TPSA) is 14.2 Å². The van der Waals surface area contributed by atoms with E-state index in [1.165, 1.54) is 67.5 Å². The Hall–Kier alpha value is -2.79. The summed E-state index contributed by atoms with van der Waals surface area (Å²) in [5.41, 5.74) is 13.6. The first-order chi connectivity index (χ1) is 20.1. The third kappa shape index (κ3) is 3.70. The van der Waals surface area contributed by atoms with Crippen LogP contribution in [0.15, 0.2) is 60.7 Å². The fraction of sp³-hybridized carbons (Fsp3) is 0.421. The second-order valence-corrected chi connectivity index (χ2v) is 43.5. The summed E-state index contributed by atoms with van der Waals surface area (Å²) in [4.78, 5) is 0. The number of nitrogens with zero attached hydrogens (tertiary/aromatic N) is 4. The van der Waals surface area contributed by atoms with Crippen LogP contribution >= 0.6 is 0 Å². The van der Waals surface area contributed by atoms with Gasteiger partial charge < -0.3 is 0 Å². The Kier molecular flexibility index (Phi) is 6.58. The van der Waals surface area contributed by atoms with Crippen molar-refractivity contribution < 1.29 is 23.3 Å². The third-order valence-corrected chi connectivity index (χ3v) is 40.8. The molecule has 5 heteroatoms. The Morgan fingerprint density at radius 1 is 0.558 bits per heavy atom. The first-order valence-corrected chi connectivity index (χ1v) is 29.9. The second kappa shape index (κ2) is 9.36. The van der Waals surface area contributed by atoms with Gasteiger partial charge in [-0.25, -0.2) is 0 Å². The first-order valence-electron chi connectivity index (χ1n) is 16.3. The van der Waals surface area contributed by atoms with Gasteiger partial charge in [0.1, 0.15) is 0 Å². The molecule has 6 rings (SSSR count). The number of hydrogen-bond acceptors (Lipinski definition) is 2. The Bertz CT molecular complexity index is 1650. The van der Waals surface area contributed by atoms with Gasteiger partial charge in [0.2, 0.25) is 0 Å². The van der Waals surface area contributed by atoms with Gasteiger partial charge in [-0.15, -0.1) is 0 Å². The van der Waals surface area contributed by atoms with Crippen molar-refractivity contribution in [2.45, 2.75) is 78.6 Å². The number of fused-ring (bicyclic) bond motifs is 4. The van der Waals surface area contributed by atoms with Crippen LogP contribution in [0.3, 0.4) is 0 Å². The predicted molar refractivity (Wildman–Crippen MR) is 179 cm³/mol. The minimum atomic E-state index is -5.22. The summed E-state index contributed by atoms with van der Waals surface area (Å²) in [7, 11) is 0. The van der Waals surface area contributed by atoms with Crippen molar-refractivity contribution in [3.05, 3.63) is 94.0 Å². The molecule has 43 heavy (non-hydrogen) atoms. The number of anilines is 2. The monoisotopic (exact) mass is 744 g/mol. The molecule has 0 atom stereocenters. The van der Waals surface area contributed by atoms with Gasteiger partial charge in [0.25, 0.3) is 0 Å². The second-order valence-electron chi connectivity index (χ2n) is 15.7. The minimum absolute atomic E-state index is 0.531. The molecule has 0 saturated carbocycles. The molecule has 0 fully saturated rings. The van der Waals surface area contributed by atoms with Gasteiger partial charge in [0.15, 0.2) is 0 Å². The van der Waals surface area contributed by atoms with E-state index in [-0.39, 0.29) is 0 Å².